The van der Waals surface area contributed by atoms with Crippen LogP contribution < -0.4 is 11.1 Å². The highest BCUT2D eigenvalue weighted by molar-refractivity contribution is 7.80. The van der Waals surface area contributed by atoms with E-state index in [1.54, 1.807) is 0 Å². The number of nitrogens with two attached hydrogens (primary N) is 1. The number of carbonyl (C=O) groups is 1. The Hall–Kier alpha value is -1.66. The Morgan fingerprint density at radius 3 is 2.63 bits per heavy atom. The van der Waals surface area contributed by atoms with E-state index in [9.17, 15) is 4.79 Å². The molecule has 104 valence electrons. The molecule has 0 unspecified atom stereocenters. The number of carbonyl (C=O) groups excluding carboxylic acids is 1. The molecule has 3 N–H and O–H groups in total. The van der Waals surface area contributed by atoms with Crippen LogP contribution in [0, 0.1) is 0 Å². The van der Waals surface area contributed by atoms with Gasteiger partial charge in [0, 0.05) is 13.1 Å². The number of ether oxygens (including phenoxy) is 1. The third-order valence-electron chi connectivity index (χ3n) is 2.74. The van der Waals surface area contributed by atoms with Gasteiger partial charge in [-0.3, -0.25) is 4.90 Å². The second kappa shape index (κ2) is 7.70. The van der Waals surface area contributed by atoms with Crippen LogP contribution in [0.2, 0.25) is 0 Å². The van der Waals surface area contributed by atoms with E-state index in [0.717, 1.165) is 5.56 Å². The van der Waals surface area contributed by atoms with Gasteiger partial charge in [-0.2, -0.15) is 0 Å². The number of benzene rings is 1. The molecule has 0 saturated carbocycles. The average molecular weight is 281 g/mol. The summed E-state index contributed by atoms with van der Waals surface area (Å²) in [7, 11) is 3.25. The first-order valence-corrected chi connectivity index (χ1v) is 6.33. The molecule has 0 saturated heterocycles. The minimum atomic E-state index is -0.431. The lowest BCUT2D eigenvalue weighted by atomic mass is 10.1. The van der Waals surface area contributed by atoms with E-state index in [-0.39, 0.29) is 11.1 Å². The summed E-state index contributed by atoms with van der Waals surface area (Å²) in [5.74, 6) is -0.288. The largest absolute Gasteiger partial charge is 0.468 e. The number of likely N-dealkylation sites (N-methyl/N-ethyl adjacent to an activating group) is 1. The van der Waals surface area contributed by atoms with Gasteiger partial charge in [0.05, 0.1) is 7.11 Å². The topological polar surface area (TPSA) is 67.6 Å². The smallest absolute Gasteiger partial charge is 0.327 e. The minimum absolute atomic E-state index is 0.253. The molecule has 1 aromatic rings. The molecule has 0 aromatic heterocycles. The standard InChI is InChI=1S/C13H19N3O2S/c1-16(9-8-15-13(14)19)11(12(17)18-2)10-6-4-3-5-7-10/h3-7,11H,8-9H2,1-2H3,(H3,14,15,19)/t11-/m1/s1. The summed E-state index contributed by atoms with van der Waals surface area (Å²) in [6, 6.07) is 9.07. The van der Waals surface area contributed by atoms with Crippen LogP contribution in [-0.4, -0.2) is 43.2 Å². The molecule has 0 bridgehead atoms. The molecular formula is C13H19N3O2S. The Balaban J connectivity index is 2.74. The molecule has 0 radical (unpaired) electrons. The Bertz CT molecular complexity index is 425. The summed E-state index contributed by atoms with van der Waals surface area (Å²) in [6.07, 6.45) is 0. The molecule has 0 heterocycles. The van der Waals surface area contributed by atoms with Gasteiger partial charge in [-0.15, -0.1) is 0 Å². The first-order chi connectivity index (χ1) is 9.06. The van der Waals surface area contributed by atoms with Gasteiger partial charge in [0.1, 0.15) is 6.04 Å². The second-order valence-corrected chi connectivity index (χ2v) is 4.55. The lowest BCUT2D eigenvalue weighted by Crippen LogP contribution is -2.39. The van der Waals surface area contributed by atoms with E-state index < -0.39 is 6.04 Å². The zero-order chi connectivity index (χ0) is 14.3. The number of rotatable bonds is 6. The van der Waals surface area contributed by atoms with E-state index in [1.807, 2.05) is 42.3 Å². The number of hydrogen-bond donors (Lipinski definition) is 2. The van der Waals surface area contributed by atoms with Gasteiger partial charge >= 0.3 is 5.97 Å². The van der Waals surface area contributed by atoms with Crippen LogP contribution in [0.4, 0.5) is 0 Å². The highest BCUT2D eigenvalue weighted by atomic mass is 32.1. The monoisotopic (exact) mass is 281 g/mol. The van der Waals surface area contributed by atoms with Gasteiger partial charge in [0.15, 0.2) is 5.11 Å². The second-order valence-electron chi connectivity index (χ2n) is 4.11. The van der Waals surface area contributed by atoms with Crippen molar-refractivity contribution in [2.24, 2.45) is 5.73 Å². The lowest BCUT2D eigenvalue weighted by Gasteiger charge is -2.26. The molecule has 0 aliphatic carbocycles. The molecule has 0 aliphatic rings. The summed E-state index contributed by atoms with van der Waals surface area (Å²) in [4.78, 5) is 13.8. The van der Waals surface area contributed by atoms with Crippen molar-refractivity contribution in [3.05, 3.63) is 35.9 Å². The molecular weight excluding hydrogens is 262 g/mol. The third-order valence-corrected chi connectivity index (χ3v) is 2.89. The molecule has 6 heteroatoms. The van der Waals surface area contributed by atoms with Crippen molar-refractivity contribution in [3.8, 4) is 0 Å². The van der Waals surface area contributed by atoms with Crippen molar-refractivity contribution in [2.75, 3.05) is 27.2 Å². The van der Waals surface area contributed by atoms with E-state index in [1.165, 1.54) is 7.11 Å². The molecule has 19 heavy (non-hydrogen) atoms. The van der Waals surface area contributed by atoms with Crippen LogP contribution in [-0.2, 0) is 9.53 Å². The fourth-order valence-corrected chi connectivity index (χ4v) is 1.90. The Labute approximate surface area is 118 Å². The molecule has 0 amide bonds. The average Bonchev–Trinajstić information content (AvgIpc) is 2.39. The number of hydrogen-bond acceptors (Lipinski definition) is 4. The molecule has 5 nitrogen and oxygen atoms in total. The maximum atomic E-state index is 11.9. The summed E-state index contributed by atoms with van der Waals surface area (Å²) >= 11 is 4.74. The zero-order valence-corrected chi connectivity index (χ0v) is 11.9. The van der Waals surface area contributed by atoms with Gasteiger partial charge in [-0.1, -0.05) is 30.3 Å². The maximum absolute atomic E-state index is 11.9. The van der Waals surface area contributed by atoms with E-state index in [2.05, 4.69) is 5.32 Å². The number of nitrogens with one attached hydrogen (secondary N) is 1. The van der Waals surface area contributed by atoms with Crippen LogP contribution in [0.5, 0.6) is 0 Å². The SMILES string of the molecule is COC(=O)[C@@H](c1ccccc1)N(C)CCNC(N)=S. The fourth-order valence-electron chi connectivity index (χ4n) is 1.80. The molecule has 1 rings (SSSR count). The molecule has 1 aromatic carbocycles. The molecule has 0 fully saturated rings. The highest BCUT2D eigenvalue weighted by Crippen LogP contribution is 2.20. The van der Waals surface area contributed by atoms with Crippen molar-refractivity contribution in [3.63, 3.8) is 0 Å². The zero-order valence-electron chi connectivity index (χ0n) is 11.1. The predicted molar refractivity (Wildman–Crippen MR) is 78.6 cm³/mol. The fraction of sp³-hybridized carbons (Fsp3) is 0.385. The first-order valence-electron chi connectivity index (χ1n) is 5.92. The van der Waals surface area contributed by atoms with Crippen LogP contribution in [0.1, 0.15) is 11.6 Å². The first kappa shape index (κ1) is 15.4. The number of methoxy groups -OCH3 is 1. The van der Waals surface area contributed by atoms with Gasteiger partial charge in [-0.25, -0.2) is 4.79 Å². The molecule has 1 atom stereocenters. The normalized spacial score (nSPS) is 11.9. The van der Waals surface area contributed by atoms with E-state index >= 15 is 0 Å². The van der Waals surface area contributed by atoms with Crippen molar-refractivity contribution in [2.45, 2.75) is 6.04 Å². The summed E-state index contributed by atoms with van der Waals surface area (Å²) in [6.45, 7) is 1.19. The van der Waals surface area contributed by atoms with Gasteiger partial charge in [0.2, 0.25) is 0 Å². The Morgan fingerprint density at radius 1 is 1.47 bits per heavy atom. The Kier molecular flexibility index (Phi) is 6.24. The third kappa shape index (κ3) is 4.84. The van der Waals surface area contributed by atoms with Crippen LogP contribution in [0.15, 0.2) is 30.3 Å². The van der Waals surface area contributed by atoms with Gasteiger partial charge in [-0.05, 0) is 24.8 Å². The number of nitrogens with zero attached hydrogens (tertiary/aromatic N) is 1. The quantitative estimate of drug-likeness (QED) is 0.590. The van der Waals surface area contributed by atoms with Crippen molar-refractivity contribution in [1.29, 1.82) is 0 Å². The summed E-state index contributed by atoms with van der Waals surface area (Å²) in [5.41, 5.74) is 6.26. The number of thiocarbonyl (C=S) groups is 1. The van der Waals surface area contributed by atoms with Crippen LogP contribution in [0.3, 0.4) is 0 Å². The Morgan fingerprint density at radius 2 is 2.11 bits per heavy atom. The summed E-state index contributed by atoms with van der Waals surface area (Å²) in [5, 5.41) is 3.11. The van der Waals surface area contributed by atoms with Crippen LogP contribution >= 0.6 is 12.2 Å². The number of esters is 1. The maximum Gasteiger partial charge on any atom is 0.327 e. The highest BCUT2D eigenvalue weighted by Gasteiger charge is 2.25. The van der Waals surface area contributed by atoms with Crippen LogP contribution in [0.25, 0.3) is 0 Å². The van der Waals surface area contributed by atoms with Crippen molar-refractivity contribution >= 4 is 23.3 Å². The van der Waals surface area contributed by atoms with Crippen molar-refractivity contribution < 1.29 is 9.53 Å². The van der Waals surface area contributed by atoms with Crippen molar-refractivity contribution in [1.82, 2.24) is 10.2 Å². The van der Waals surface area contributed by atoms with E-state index in [4.69, 9.17) is 22.7 Å². The van der Waals surface area contributed by atoms with Gasteiger partial charge < -0.3 is 15.8 Å². The lowest BCUT2D eigenvalue weighted by molar-refractivity contribution is -0.146. The molecule has 0 spiro atoms. The summed E-state index contributed by atoms with van der Waals surface area (Å²) < 4.78 is 4.86. The molecule has 0 aliphatic heterocycles. The van der Waals surface area contributed by atoms with E-state index in [0.29, 0.717) is 13.1 Å². The van der Waals surface area contributed by atoms with Gasteiger partial charge in [0.25, 0.3) is 0 Å². The predicted octanol–water partition coefficient (Wildman–Crippen LogP) is 0.666. The minimum Gasteiger partial charge on any atom is -0.468 e.